The van der Waals surface area contributed by atoms with E-state index in [1.165, 1.54) is 21.1 Å². The van der Waals surface area contributed by atoms with E-state index in [4.69, 9.17) is 0 Å². The molecule has 3 heterocycles. The Labute approximate surface area is 237 Å². The fourth-order valence-corrected chi connectivity index (χ4v) is 11.4. The van der Waals surface area contributed by atoms with E-state index in [1.54, 1.807) is 42.5 Å². The van der Waals surface area contributed by atoms with Crippen LogP contribution >= 0.6 is 23.5 Å². The van der Waals surface area contributed by atoms with Crippen LogP contribution in [0.4, 0.5) is 9.59 Å². The molecule has 39 heavy (non-hydrogen) atoms. The number of barbiturate groups is 1. The van der Waals surface area contributed by atoms with E-state index in [9.17, 15) is 24.0 Å². The smallest absolute Gasteiger partial charge is 0.313 e. The van der Waals surface area contributed by atoms with Crippen LogP contribution < -0.4 is 0 Å². The summed E-state index contributed by atoms with van der Waals surface area (Å²) in [5.74, 6) is 1.54. The van der Waals surface area contributed by atoms with E-state index in [0.717, 1.165) is 60.2 Å². The second kappa shape index (κ2) is 8.74. The summed E-state index contributed by atoms with van der Waals surface area (Å²) in [5.41, 5.74) is -0.556. The van der Waals surface area contributed by atoms with Crippen LogP contribution in [0.25, 0.3) is 0 Å². The number of hydrogen-bond acceptors (Lipinski definition) is 7. The average molecular weight is 573 g/mol. The van der Waals surface area contributed by atoms with E-state index < -0.39 is 23.4 Å². The van der Waals surface area contributed by atoms with Gasteiger partial charge in [0, 0.05) is 26.7 Å². The maximum Gasteiger partial charge on any atom is 0.334 e. The summed E-state index contributed by atoms with van der Waals surface area (Å²) in [6.07, 6.45) is 9.60. The average Bonchev–Trinajstić information content (AvgIpc) is 3.54. The van der Waals surface area contributed by atoms with Crippen molar-refractivity contribution >= 4 is 53.3 Å². The van der Waals surface area contributed by atoms with Gasteiger partial charge in [-0.05, 0) is 98.9 Å². The molecule has 2 spiro atoms. The molecule has 8 fully saturated rings. The summed E-state index contributed by atoms with van der Waals surface area (Å²) in [6.45, 7) is 0.423. The molecular weight excluding hydrogens is 536 g/mol. The molecule has 5 aliphatic carbocycles. The van der Waals surface area contributed by atoms with Gasteiger partial charge in [-0.25, -0.2) is 9.59 Å². The molecule has 2 bridgehead atoms. The molecule has 0 radical (unpaired) electrons. The minimum atomic E-state index is -0.743. The second-order valence-corrected chi connectivity index (χ2v) is 15.7. The molecule has 11 heteroatoms. The molecule has 0 aromatic carbocycles. The number of thioether (sulfide) groups is 2. The Hall–Kier alpha value is -2.01. The van der Waals surface area contributed by atoms with Crippen molar-refractivity contribution in [3.63, 3.8) is 0 Å². The van der Waals surface area contributed by atoms with Crippen LogP contribution in [0.15, 0.2) is 9.81 Å². The molecule has 210 valence electrons. The molecule has 5 saturated carbocycles. The monoisotopic (exact) mass is 572 g/mol. The zero-order valence-corrected chi connectivity index (χ0v) is 24.3. The number of hydrogen-bond donors (Lipinski definition) is 0. The summed E-state index contributed by atoms with van der Waals surface area (Å²) in [5, 5.41) is 0. The number of rotatable bonds is 3. The lowest BCUT2D eigenvalue weighted by Gasteiger charge is -2.58. The van der Waals surface area contributed by atoms with Crippen LogP contribution in [0.3, 0.4) is 0 Å². The van der Waals surface area contributed by atoms with Gasteiger partial charge in [0.15, 0.2) is 0 Å². The Morgan fingerprint density at radius 2 is 1.51 bits per heavy atom. The van der Waals surface area contributed by atoms with Crippen molar-refractivity contribution in [3.05, 3.63) is 9.81 Å². The molecule has 8 rings (SSSR count). The van der Waals surface area contributed by atoms with Gasteiger partial charge in [-0.3, -0.25) is 29.1 Å². The highest BCUT2D eigenvalue weighted by molar-refractivity contribution is 8.22. The van der Waals surface area contributed by atoms with Crippen molar-refractivity contribution in [2.75, 3.05) is 32.1 Å². The number of imide groups is 3. The Bertz CT molecular complexity index is 1200. The lowest BCUT2D eigenvalue weighted by atomic mass is 9.51. The van der Waals surface area contributed by atoms with Gasteiger partial charge in [-0.1, -0.05) is 0 Å². The van der Waals surface area contributed by atoms with Gasteiger partial charge in [0.2, 0.25) is 0 Å². The number of carbonyl (C=O) groups is 5. The van der Waals surface area contributed by atoms with Gasteiger partial charge < -0.3 is 4.90 Å². The zero-order chi connectivity index (χ0) is 27.3. The molecule has 0 atom stereocenters. The Morgan fingerprint density at radius 3 is 2.08 bits per heavy atom. The molecule has 8 aliphatic rings. The highest BCUT2D eigenvalue weighted by atomic mass is 32.2. The van der Waals surface area contributed by atoms with E-state index in [2.05, 4.69) is 0 Å². The summed E-state index contributed by atoms with van der Waals surface area (Å²) < 4.78 is 0.777. The quantitative estimate of drug-likeness (QED) is 0.286. The van der Waals surface area contributed by atoms with Crippen LogP contribution in [0.1, 0.15) is 70.6 Å². The van der Waals surface area contributed by atoms with Gasteiger partial charge in [-0.2, -0.15) is 0 Å². The predicted molar refractivity (Wildman–Crippen MR) is 147 cm³/mol. The van der Waals surface area contributed by atoms with Gasteiger partial charge >= 0.3 is 12.1 Å². The minimum absolute atomic E-state index is 0.0337. The SMILES string of the molecule is CN1C(=O)N(C)C2(CC3(CCC(N4C(=O)C(=C5SCCCS5)C(=O)N(CC56CCC(C5)C6)C4=O)CC3)C2)C1=O. The maximum absolute atomic E-state index is 13.9. The third kappa shape index (κ3) is 3.63. The minimum Gasteiger partial charge on any atom is -0.313 e. The van der Waals surface area contributed by atoms with Crippen LogP contribution in [-0.2, 0) is 14.4 Å². The molecule has 0 aromatic heterocycles. The van der Waals surface area contributed by atoms with Crippen LogP contribution in [-0.4, -0.2) is 93.1 Å². The molecule has 0 unspecified atom stereocenters. The normalized spacial score (nSPS) is 40.4. The highest BCUT2D eigenvalue weighted by Gasteiger charge is 2.67. The van der Waals surface area contributed by atoms with Crippen LogP contribution in [0, 0.1) is 16.7 Å². The van der Waals surface area contributed by atoms with E-state index in [1.807, 2.05) is 0 Å². The summed E-state index contributed by atoms with van der Waals surface area (Å²) >= 11 is 3.15. The molecule has 9 nitrogen and oxygen atoms in total. The van der Waals surface area contributed by atoms with Gasteiger partial charge in [0.1, 0.15) is 11.1 Å². The summed E-state index contributed by atoms with van der Waals surface area (Å²) in [4.78, 5) is 72.5. The molecular formula is C28H36N4O5S2. The maximum atomic E-state index is 13.9. The van der Waals surface area contributed by atoms with Crippen molar-refractivity contribution in [1.82, 2.24) is 19.6 Å². The van der Waals surface area contributed by atoms with Gasteiger partial charge in [0.25, 0.3) is 17.7 Å². The van der Waals surface area contributed by atoms with E-state index in [0.29, 0.717) is 32.2 Å². The number of urea groups is 2. The first kappa shape index (κ1) is 25.9. The number of fused-ring (bicyclic) bond motifs is 1. The first-order valence-corrected chi connectivity index (χ1v) is 16.3. The third-order valence-electron chi connectivity index (χ3n) is 10.9. The fourth-order valence-electron chi connectivity index (χ4n) is 8.84. The van der Waals surface area contributed by atoms with Crippen molar-refractivity contribution < 1.29 is 24.0 Å². The Balaban J connectivity index is 1.12. The van der Waals surface area contributed by atoms with Crippen LogP contribution in [0.5, 0.6) is 0 Å². The topological polar surface area (TPSA) is 98.3 Å². The van der Waals surface area contributed by atoms with Crippen molar-refractivity contribution in [1.29, 1.82) is 0 Å². The zero-order valence-electron chi connectivity index (χ0n) is 22.7. The standard InChI is InChI=1S/C28H36N4O5S2/c1-29-23(35)28(30(2)24(29)36)14-26(15-28)8-5-18(6-9-26)32-21(34)19(22-38-10-3-11-39-22)20(33)31(25(32)37)16-27-7-4-17(12-27)13-27/h17-18H,3-16H2,1-2H3. The lowest BCUT2D eigenvalue weighted by molar-refractivity contribution is -0.149. The number of amides is 7. The molecule has 7 amide bonds. The molecule has 3 aliphatic heterocycles. The van der Waals surface area contributed by atoms with Crippen molar-refractivity contribution in [2.45, 2.75) is 82.2 Å². The lowest BCUT2D eigenvalue weighted by Crippen LogP contribution is -2.65. The largest absolute Gasteiger partial charge is 0.334 e. The van der Waals surface area contributed by atoms with Crippen molar-refractivity contribution in [2.24, 2.45) is 16.7 Å². The highest BCUT2D eigenvalue weighted by Crippen LogP contribution is 2.62. The summed E-state index contributed by atoms with van der Waals surface area (Å²) in [7, 11) is 3.26. The fraction of sp³-hybridized carbons (Fsp3) is 0.750. The van der Waals surface area contributed by atoms with E-state index in [-0.39, 0.29) is 34.4 Å². The van der Waals surface area contributed by atoms with Crippen LogP contribution in [0.2, 0.25) is 0 Å². The Kier molecular flexibility index (Phi) is 5.81. The molecule has 3 saturated heterocycles. The molecule has 0 aromatic rings. The van der Waals surface area contributed by atoms with Gasteiger partial charge in [-0.15, -0.1) is 23.5 Å². The first-order chi connectivity index (χ1) is 18.6. The van der Waals surface area contributed by atoms with Gasteiger partial charge in [0.05, 0.1) is 4.24 Å². The van der Waals surface area contributed by atoms with Crippen molar-refractivity contribution in [3.8, 4) is 0 Å². The van der Waals surface area contributed by atoms with E-state index >= 15 is 0 Å². The number of likely N-dealkylation sites (N-methyl/N-ethyl adjacent to an activating group) is 2. The first-order valence-electron chi connectivity index (χ1n) is 14.3. The Morgan fingerprint density at radius 1 is 0.846 bits per heavy atom. The summed E-state index contributed by atoms with van der Waals surface area (Å²) in [6, 6.07) is -0.946. The second-order valence-electron chi connectivity index (χ2n) is 13.2. The number of nitrogens with zero attached hydrogens (tertiary/aromatic N) is 4. The third-order valence-corrected chi connectivity index (χ3v) is 13.6. The number of carbonyl (C=O) groups excluding carboxylic acids is 5. The predicted octanol–water partition coefficient (Wildman–Crippen LogP) is 4.03. The molecule has 0 N–H and O–H groups in total.